The Bertz CT molecular complexity index is 404. The smallest absolute Gasteiger partial charge is 0.0910 e. The topological polar surface area (TPSA) is 61.3 Å². The van der Waals surface area contributed by atoms with Gasteiger partial charge in [-0.3, -0.25) is 5.10 Å². The number of fused-ring (bicyclic) bond motifs is 1. The van der Waals surface area contributed by atoms with E-state index in [1.54, 1.807) is 0 Å². The predicted molar refractivity (Wildman–Crippen MR) is 58.4 cm³/mol. The second-order valence-electron chi connectivity index (χ2n) is 4.94. The summed E-state index contributed by atoms with van der Waals surface area (Å²) in [4.78, 5) is 0. The molecule has 15 heavy (non-hydrogen) atoms. The molecule has 1 aliphatic carbocycles. The maximum atomic E-state index is 9.05. The lowest BCUT2D eigenvalue weighted by molar-refractivity contribution is 0.306. The highest BCUT2D eigenvalue weighted by Gasteiger charge is 2.33. The zero-order valence-electron chi connectivity index (χ0n) is 9.46. The van der Waals surface area contributed by atoms with Crippen LogP contribution < -0.4 is 0 Å². The zero-order chi connectivity index (χ0) is 11.1. The molecule has 0 spiro atoms. The largest absolute Gasteiger partial charge is 0.411 e. The monoisotopic (exact) mass is 207 g/mol. The molecule has 1 aliphatic rings. The van der Waals surface area contributed by atoms with Crippen molar-refractivity contribution in [3.63, 3.8) is 0 Å². The van der Waals surface area contributed by atoms with Crippen molar-refractivity contribution in [1.82, 2.24) is 10.2 Å². The van der Waals surface area contributed by atoms with E-state index in [4.69, 9.17) is 5.21 Å². The van der Waals surface area contributed by atoms with Gasteiger partial charge in [0.15, 0.2) is 0 Å². The van der Waals surface area contributed by atoms with Gasteiger partial charge in [0.1, 0.15) is 0 Å². The first kappa shape index (κ1) is 10.2. The minimum absolute atomic E-state index is 0.145. The Labute approximate surface area is 89.4 Å². The van der Waals surface area contributed by atoms with Crippen LogP contribution in [0.1, 0.15) is 44.1 Å². The Balaban J connectivity index is 2.52. The van der Waals surface area contributed by atoms with Gasteiger partial charge in [0.2, 0.25) is 0 Å². The Morgan fingerprint density at radius 3 is 2.80 bits per heavy atom. The molecule has 0 aromatic carbocycles. The van der Waals surface area contributed by atoms with E-state index in [0.29, 0.717) is 0 Å². The zero-order valence-corrected chi connectivity index (χ0v) is 9.46. The van der Waals surface area contributed by atoms with Crippen molar-refractivity contribution in [1.29, 1.82) is 0 Å². The molecule has 0 aliphatic heterocycles. The number of rotatable bonds is 1. The molecule has 2 rings (SSSR count). The highest BCUT2D eigenvalue weighted by atomic mass is 16.4. The van der Waals surface area contributed by atoms with Gasteiger partial charge in [-0.1, -0.05) is 25.9 Å². The molecule has 4 heteroatoms. The van der Waals surface area contributed by atoms with E-state index in [2.05, 4.69) is 36.1 Å². The van der Waals surface area contributed by atoms with Crippen LogP contribution in [0.5, 0.6) is 0 Å². The number of hydrogen-bond donors (Lipinski definition) is 2. The van der Waals surface area contributed by atoms with Crippen molar-refractivity contribution in [3.8, 4) is 0 Å². The van der Waals surface area contributed by atoms with Crippen LogP contribution in [-0.2, 0) is 12.8 Å². The number of oxime groups is 1. The minimum atomic E-state index is 0.145. The first-order valence-electron chi connectivity index (χ1n) is 5.35. The Morgan fingerprint density at radius 2 is 2.20 bits per heavy atom. The summed E-state index contributed by atoms with van der Waals surface area (Å²) in [5.74, 6) is 0. The first-order chi connectivity index (χ1) is 7.07. The van der Waals surface area contributed by atoms with Gasteiger partial charge in [0.25, 0.3) is 0 Å². The summed E-state index contributed by atoms with van der Waals surface area (Å²) in [6.07, 6.45) is 2.64. The number of nitrogens with zero attached hydrogens (tertiary/aromatic N) is 2. The fourth-order valence-electron chi connectivity index (χ4n) is 2.31. The van der Waals surface area contributed by atoms with Crippen LogP contribution >= 0.6 is 0 Å². The van der Waals surface area contributed by atoms with Crippen LogP contribution in [0.4, 0.5) is 0 Å². The minimum Gasteiger partial charge on any atom is -0.411 e. The van der Waals surface area contributed by atoms with Crippen LogP contribution in [0.3, 0.4) is 0 Å². The van der Waals surface area contributed by atoms with E-state index in [1.165, 1.54) is 0 Å². The lowest BCUT2D eigenvalue weighted by Crippen LogP contribution is -2.27. The summed E-state index contributed by atoms with van der Waals surface area (Å²) in [6.45, 7) is 6.41. The molecule has 0 saturated carbocycles. The summed E-state index contributed by atoms with van der Waals surface area (Å²) >= 11 is 0. The predicted octanol–water partition coefficient (Wildman–Crippen LogP) is 2.12. The maximum absolute atomic E-state index is 9.05. The van der Waals surface area contributed by atoms with E-state index in [1.807, 2.05) is 0 Å². The Kier molecular flexibility index (Phi) is 2.29. The molecule has 0 bridgehead atoms. The van der Waals surface area contributed by atoms with E-state index in [9.17, 15) is 0 Å². The first-order valence-corrected chi connectivity index (χ1v) is 5.35. The highest BCUT2D eigenvalue weighted by Crippen LogP contribution is 2.35. The summed E-state index contributed by atoms with van der Waals surface area (Å²) < 4.78 is 0. The van der Waals surface area contributed by atoms with Crippen LogP contribution in [0, 0.1) is 5.41 Å². The second kappa shape index (κ2) is 3.36. The normalized spacial score (nSPS) is 21.7. The van der Waals surface area contributed by atoms with Crippen LogP contribution in [0.2, 0.25) is 0 Å². The van der Waals surface area contributed by atoms with Crippen LogP contribution in [0.15, 0.2) is 5.16 Å². The van der Waals surface area contributed by atoms with Gasteiger partial charge >= 0.3 is 0 Å². The number of aromatic amines is 1. The molecule has 0 fully saturated rings. The van der Waals surface area contributed by atoms with Gasteiger partial charge in [0, 0.05) is 11.3 Å². The second-order valence-corrected chi connectivity index (χ2v) is 4.94. The molecule has 1 heterocycles. The standard InChI is InChI=1S/C11H17N3O/c1-4-7-10-8(13-12-7)5-11(2,3)6-9(10)14-15/h15H,4-6H2,1-3H3,(H,12,13)/b14-9+. The van der Waals surface area contributed by atoms with Crippen molar-refractivity contribution in [2.75, 3.05) is 0 Å². The number of H-pyrrole nitrogens is 1. The molecule has 0 saturated heterocycles. The summed E-state index contributed by atoms with van der Waals surface area (Å²) in [5.41, 5.74) is 4.07. The SMILES string of the molecule is CCc1n[nH]c2c1/C(=N/O)CC(C)(C)C2. The number of aryl methyl sites for hydroxylation is 1. The number of aromatic nitrogens is 2. The molecule has 4 nitrogen and oxygen atoms in total. The Morgan fingerprint density at radius 1 is 1.47 bits per heavy atom. The van der Waals surface area contributed by atoms with Crippen molar-refractivity contribution < 1.29 is 5.21 Å². The molecule has 0 radical (unpaired) electrons. The molecular formula is C11H17N3O. The summed E-state index contributed by atoms with van der Waals surface area (Å²) in [7, 11) is 0. The van der Waals surface area contributed by atoms with Gasteiger partial charge < -0.3 is 5.21 Å². The third-order valence-electron chi connectivity index (χ3n) is 2.96. The van der Waals surface area contributed by atoms with Gasteiger partial charge in [-0.15, -0.1) is 0 Å². The third kappa shape index (κ3) is 1.64. The fraction of sp³-hybridized carbons (Fsp3) is 0.636. The fourth-order valence-corrected chi connectivity index (χ4v) is 2.31. The molecule has 2 N–H and O–H groups in total. The lowest BCUT2D eigenvalue weighted by Gasteiger charge is -2.29. The molecule has 1 aromatic rings. The molecule has 0 atom stereocenters. The third-order valence-corrected chi connectivity index (χ3v) is 2.96. The van der Waals surface area contributed by atoms with Gasteiger partial charge in [-0.05, 0) is 24.7 Å². The van der Waals surface area contributed by atoms with Crippen molar-refractivity contribution in [2.24, 2.45) is 10.6 Å². The van der Waals surface area contributed by atoms with Crippen molar-refractivity contribution >= 4 is 5.71 Å². The lowest BCUT2D eigenvalue weighted by atomic mass is 9.75. The molecular weight excluding hydrogens is 190 g/mol. The van der Waals surface area contributed by atoms with Crippen LogP contribution in [-0.4, -0.2) is 21.1 Å². The molecule has 82 valence electrons. The van der Waals surface area contributed by atoms with E-state index < -0.39 is 0 Å². The van der Waals surface area contributed by atoms with Gasteiger partial charge in [-0.2, -0.15) is 5.10 Å². The molecule has 1 aromatic heterocycles. The van der Waals surface area contributed by atoms with E-state index in [-0.39, 0.29) is 5.41 Å². The van der Waals surface area contributed by atoms with Gasteiger partial charge in [-0.25, -0.2) is 0 Å². The average Bonchev–Trinajstić information content (AvgIpc) is 2.57. The molecule has 0 unspecified atom stereocenters. The van der Waals surface area contributed by atoms with E-state index >= 15 is 0 Å². The Hall–Kier alpha value is -1.32. The van der Waals surface area contributed by atoms with Crippen LogP contribution in [0.25, 0.3) is 0 Å². The van der Waals surface area contributed by atoms with E-state index in [0.717, 1.165) is 41.9 Å². The highest BCUT2D eigenvalue weighted by molar-refractivity contribution is 6.03. The van der Waals surface area contributed by atoms with Gasteiger partial charge in [0.05, 0.1) is 11.4 Å². The summed E-state index contributed by atoms with van der Waals surface area (Å²) in [5, 5.41) is 19.8. The quantitative estimate of drug-likeness (QED) is 0.547. The van der Waals surface area contributed by atoms with Crippen molar-refractivity contribution in [2.45, 2.75) is 40.0 Å². The average molecular weight is 207 g/mol. The maximum Gasteiger partial charge on any atom is 0.0910 e. The van der Waals surface area contributed by atoms with Crippen molar-refractivity contribution in [3.05, 3.63) is 17.0 Å². The summed E-state index contributed by atoms with van der Waals surface area (Å²) in [6, 6.07) is 0. The number of hydrogen-bond acceptors (Lipinski definition) is 3. The number of nitrogens with one attached hydrogen (secondary N) is 1. The molecule has 0 amide bonds.